The molecule has 0 bridgehead atoms. The summed E-state index contributed by atoms with van der Waals surface area (Å²) in [6, 6.07) is 6.19. The van der Waals surface area contributed by atoms with E-state index in [1.165, 1.54) is 9.44 Å². The number of hydrogen-bond acceptors (Lipinski definition) is 2. The number of methoxy groups -OCH3 is 1. The van der Waals surface area contributed by atoms with Crippen LogP contribution in [0.2, 0.25) is 0 Å². The summed E-state index contributed by atoms with van der Waals surface area (Å²) >= 11 is -0.522. The van der Waals surface area contributed by atoms with Crippen molar-refractivity contribution >= 4 is 24.8 Å². The van der Waals surface area contributed by atoms with Crippen LogP contribution < -0.4 is 8.06 Å². The van der Waals surface area contributed by atoms with Crippen LogP contribution in [0.3, 0.4) is 0 Å². The molecule has 1 aliphatic carbocycles. The van der Waals surface area contributed by atoms with E-state index in [0.29, 0.717) is 0 Å². The number of ether oxygens (including phenoxy) is 1. The van der Waals surface area contributed by atoms with Crippen LogP contribution in [0.1, 0.15) is 32.8 Å². The predicted molar refractivity (Wildman–Crippen MR) is 88.7 cm³/mol. The molecule has 2 rings (SSSR count). The summed E-state index contributed by atoms with van der Waals surface area (Å²) in [5.41, 5.74) is 1.34. The molecule has 0 amide bonds. The maximum atomic E-state index is 6.00. The number of rotatable bonds is 4. The van der Waals surface area contributed by atoms with Crippen molar-refractivity contribution in [2.45, 2.75) is 32.6 Å². The van der Waals surface area contributed by atoms with E-state index in [-0.39, 0.29) is 30.2 Å². The average Bonchev–Trinajstić information content (AvgIpc) is 2.88. The van der Waals surface area contributed by atoms with Crippen molar-refractivity contribution in [1.82, 2.24) is 0 Å². The minimum absolute atomic E-state index is 0. The van der Waals surface area contributed by atoms with Gasteiger partial charge in [-0.2, -0.15) is 0 Å². The average molecular weight is 365 g/mol. The van der Waals surface area contributed by atoms with E-state index >= 15 is 0 Å². The molecular formula is C16H22Cl2O2Ti. The fourth-order valence-corrected chi connectivity index (χ4v) is 2.97. The Hall–Kier alpha value is -0.406. The molecule has 1 aromatic carbocycles. The zero-order chi connectivity index (χ0) is 13.9. The molecule has 1 aliphatic rings. The van der Waals surface area contributed by atoms with Gasteiger partial charge in [0.15, 0.2) is 0 Å². The first-order chi connectivity index (χ1) is 8.99. The molecule has 0 N–H and O–H groups in total. The Morgan fingerprint density at radius 1 is 1.05 bits per heavy atom. The summed E-state index contributed by atoms with van der Waals surface area (Å²) < 4.78 is 12.8. The van der Waals surface area contributed by atoms with Crippen molar-refractivity contribution in [2.24, 2.45) is 0 Å². The van der Waals surface area contributed by atoms with Gasteiger partial charge in [-0.05, 0) is 0 Å². The van der Waals surface area contributed by atoms with Crippen molar-refractivity contribution in [3.8, 4) is 11.5 Å². The first-order valence-electron chi connectivity index (χ1n) is 6.47. The van der Waals surface area contributed by atoms with Gasteiger partial charge < -0.3 is 0 Å². The van der Waals surface area contributed by atoms with Gasteiger partial charge in [-0.15, -0.1) is 24.8 Å². The Kier molecular flexibility index (Phi) is 8.73. The Morgan fingerprint density at radius 2 is 1.71 bits per heavy atom. The molecule has 0 atom stereocenters. The van der Waals surface area contributed by atoms with Crippen LogP contribution in [-0.2, 0) is 25.0 Å². The third-order valence-corrected chi connectivity index (χ3v) is 4.57. The maximum Gasteiger partial charge on any atom is -0.147 e. The number of allylic oxidation sites excluding steroid dienone is 4. The second kappa shape index (κ2) is 8.90. The van der Waals surface area contributed by atoms with Crippen LogP contribution >= 0.6 is 24.8 Å². The second-order valence-corrected chi connectivity index (χ2v) is 7.32. The minimum atomic E-state index is -0.522. The molecular weight excluding hydrogens is 343 g/mol. The number of halogens is 2. The van der Waals surface area contributed by atoms with Gasteiger partial charge in [-0.25, -0.2) is 0 Å². The number of hydrogen-bond donors (Lipinski definition) is 0. The van der Waals surface area contributed by atoms with Crippen molar-refractivity contribution in [3.05, 3.63) is 45.9 Å². The van der Waals surface area contributed by atoms with Crippen LogP contribution in [0.15, 0.2) is 40.3 Å². The van der Waals surface area contributed by atoms with Crippen molar-refractivity contribution < 1.29 is 27.6 Å². The third kappa shape index (κ3) is 6.08. The third-order valence-electron chi connectivity index (χ3n) is 3.05. The topological polar surface area (TPSA) is 18.5 Å². The van der Waals surface area contributed by atoms with Crippen molar-refractivity contribution in [3.63, 3.8) is 0 Å². The zero-order valence-corrected chi connectivity index (χ0v) is 16.0. The molecule has 1 aromatic rings. The van der Waals surface area contributed by atoms with E-state index in [2.05, 4.69) is 51.1 Å². The fraction of sp³-hybridized carbons (Fsp3) is 0.375. The van der Waals surface area contributed by atoms with Gasteiger partial charge in [-0.1, -0.05) is 0 Å². The molecule has 0 heterocycles. The summed E-state index contributed by atoms with van der Waals surface area (Å²) in [5, 5.41) is 0. The zero-order valence-electron chi connectivity index (χ0n) is 12.8. The first kappa shape index (κ1) is 20.6. The Morgan fingerprint density at radius 3 is 2.24 bits per heavy atom. The van der Waals surface area contributed by atoms with E-state index in [0.717, 1.165) is 17.9 Å². The van der Waals surface area contributed by atoms with Gasteiger partial charge in [0, 0.05) is 0 Å². The van der Waals surface area contributed by atoms with Crippen LogP contribution in [-0.4, -0.2) is 7.11 Å². The van der Waals surface area contributed by atoms with Gasteiger partial charge >= 0.3 is 125 Å². The van der Waals surface area contributed by atoms with Gasteiger partial charge in [0.05, 0.1) is 0 Å². The first-order valence-corrected chi connectivity index (χ1v) is 7.89. The molecule has 0 radical (unpaired) electrons. The van der Waals surface area contributed by atoms with Crippen LogP contribution in [0, 0.1) is 0 Å². The molecule has 0 unspecified atom stereocenters. The standard InChI is InChI=1S/C11H16O2.C5H5.2ClH.Ti/c1-11(2,3)8-5-9(12)7-10(6-8)13-4;1-2-4-5-3-1;;;/h5-7,12H,1-4H3;1-3H,4H2;2*1H;/q;;;;+1/p-1. The summed E-state index contributed by atoms with van der Waals surface area (Å²) in [6.45, 7) is 6.60. The summed E-state index contributed by atoms with van der Waals surface area (Å²) in [7, 11) is 1.70. The smallest absolute Gasteiger partial charge is 0.147 e. The van der Waals surface area contributed by atoms with Gasteiger partial charge in [-0.3, -0.25) is 0 Å². The van der Waals surface area contributed by atoms with E-state index in [9.17, 15) is 0 Å². The molecule has 0 aliphatic heterocycles. The predicted octanol–water partition coefficient (Wildman–Crippen LogP) is 5.06. The largest absolute Gasteiger partial charge is 0.147 e. The van der Waals surface area contributed by atoms with Crippen molar-refractivity contribution in [2.75, 3.05) is 7.11 Å². The van der Waals surface area contributed by atoms with Gasteiger partial charge in [0.2, 0.25) is 0 Å². The molecule has 116 valence electrons. The van der Waals surface area contributed by atoms with E-state index in [1.807, 2.05) is 6.07 Å². The fourth-order valence-electron chi connectivity index (χ4n) is 1.83. The van der Waals surface area contributed by atoms with E-state index in [4.69, 9.17) is 8.06 Å². The molecule has 0 saturated heterocycles. The molecule has 0 spiro atoms. The SMILES string of the molecule is COc1cc([O][Ti][C]2=CC=CC2)cc(C(C)(C)C)c1.Cl.Cl. The van der Waals surface area contributed by atoms with Crippen molar-refractivity contribution in [1.29, 1.82) is 0 Å². The molecule has 0 aromatic heterocycles. The summed E-state index contributed by atoms with van der Waals surface area (Å²) in [5.74, 6) is 1.80. The molecule has 2 nitrogen and oxygen atoms in total. The van der Waals surface area contributed by atoms with Crippen LogP contribution in [0.5, 0.6) is 11.5 Å². The second-order valence-electron chi connectivity index (χ2n) is 5.68. The minimum Gasteiger partial charge on any atom is -0.147 e. The monoisotopic (exact) mass is 364 g/mol. The molecule has 21 heavy (non-hydrogen) atoms. The molecule has 5 heteroatoms. The Bertz CT molecular complexity index is 519. The Labute approximate surface area is 149 Å². The van der Waals surface area contributed by atoms with Crippen LogP contribution in [0.4, 0.5) is 0 Å². The normalized spacial score (nSPS) is 12.9. The van der Waals surface area contributed by atoms with Gasteiger partial charge in [0.25, 0.3) is 0 Å². The van der Waals surface area contributed by atoms with Gasteiger partial charge in [0.1, 0.15) is 0 Å². The Balaban J connectivity index is 0.00000200. The quantitative estimate of drug-likeness (QED) is 0.695. The van der Waals surface area contributed by atoms with E-state index < -0.39 is 19.5 Å². The molecule has 0 fully saturated rings. The maximum absolute atomic E-state index is 6.00. The summed E-state index contributed by atoms with van der Waals surface area (Å²) in [6.07, 6.45) is 7.50. The number of benzene rings is 1. The van der Waals surface area contributed by atoms with E-state index in [1.54, 1.807) is 7.11 Å². The van der Waals surface area contributed by atoms with Crippen LogP contribution in [0.25, 0.3) is 0 Å². The summed E-state index contributed by atoms with van der Waals surface area (Å²) in [4.78, 5) is 0. The molecule has 0 saturated carbocycles.